The van der Waals surface area contributed by atoms with Crippen molar-refractivity contribution in [1.82, 2.24) is 40.9 Å². The topological polar surface area (TPSA) is 311 Å². The number of hydrogen-bond acceptors (Lipinski definition) is 20. The molecule has 8 heterocycles. The van der Waals surface area contributed by atoms with Crippen molar-refractivity contribution in [2.45, 2.75) is 156 Å². The van der Waals surface area contributed by atoms with E-state index in [1.165, 1.54) is 0 Å². The second-order valence-electron chi connectivity index (χ2n) is 37.0. The molecule has 16 rings (SSSR count). The van der Waals surface area contributed by atoms with E-state index in [1.807, 2.05) is 60.7 Å². The lowest BCUT2D eigenvalue weighted by Crippen LogP contribution is -2.74. The van der Waals surface area contributed by atoms with Crippen molar-refractivity contribution in [3.05, 3.63) is 176 Å². The summed E-state index contributed by atoms with van der Waals surface area (Å²) in [6.45, 7) is 28.6. The van der Waals surface area contributed by atoms with Crippen LogP contribution in [0.4, 0.5) is 22.7 Å². The third-order valence-corrected chi connectivity index (χ3v) is 28.7. The quantitative estimate of drug-likeness (QED) is 0.0459. The second kappa shape index (κ2) is 31.9. The van der Waals surface area contributed by atoms with Gasteiger partial charge in [-0.15, -0.1) is 0 Å². The number of nitrogens with one attached hydrogen (secondary N) is 4. The molecule has 6 aromatic rings. The van der Waals surface area contributed by atoms with Crippen molar-refractivity contribution < 1.29 is 57.4 Å². The van der Waals surface area contributed by atoms with Crippen LogP contribution in [0.2, 0.25) is 10.0 Å². The molecule has 8 fully saturated rings. The molecule has 0 bridgehead atoms. The Hall–Kier alpha value is -10.9. The molecule has 26 nitrogen and oxygen atoms in total. The summed E-state index contributed by atoms with van der Waals surface area (Å²) < 4.78 is 13.1. The monoisotopic (exact) mass is 1660 g/mol. The zero-order chi connectivity index (χ0) is 85.0. The number of halogens is 2. The third kappa shape index (κ3) is 15.2. The van der Waals surface area contributed by atoms with E-state index in [1.54, 1.807) is 60.7 Å². The minimum absolute atomic E-state index is 0.000727. The highest BCUT2D eigenvalue weighted by atomic mass is 35.5. The maximum Gasteiger partial charge on any atom is 0.262 e. The number of fused-ring (bicyclic) bond motifs is 2. The van der Waals surface area contributed by atoms with Gasteiger partial charge in [-0.05, 0) is 159 Å². The number of anilines is 4. The number of nitriles is 2. The summed E-state index contributed by atoms with van der Waals surface area (Å²) in [6, 6.07) is 38.2. The molecular formula is C92H102Cl2N14O12. The van der Waals surface area contributed by atoms with Gasteiger partial charge in [-0.3, -0.25) is 78.2 Å². The van der Waals surface area contributed by atoms with Gasteiger partial charge in [0.1, 0.15) is 47.9 Å². The van der Waals surface area contributed by atoms with Crippen molar-refractivity contribution in [3.8, 4) is 23.6 Å². The molecule has 8 aliphatic heterocycles. The van der Waals surface area contributed by atoms with Gasteiger partial charge in [-0.1, -0.05) is 85.5 Å². The lowest BCUT2D eigenvalue weighted by Gasteiger charge is -2.63. The standard InChI is InChI=1S/C92H102Cl2N14O12/c1-53(2)75-76(88(3,4)77(75)119-62-22-14-56(48-95)68(93)46-62)99-78(111)54-10-16-59(17-11-54)104-40-42-105(43-41-104)72(91(9)32-34-102(35-33-91)60-20-24-64-66(44-60)84(117)107(82(64)115)70-26-28-73(109)97-80(70)113)30-31-92(51-106(52-92)61-21-25-65-67(45-61)85(118)108(83(65)116)71-27-29-74(110)98-81(71)114)50-101-36-38-103(39-37-101)58-18-12-55(13-19-58)79(112)100-86-89(5,6)87(90(86,7)8)120-63-23-15-57(49-96)69(94)47-63/h10-25,44-47,53,70-72,75-77,86-87H,26-43,50-52H2,1-9H3,(H,99,111)(H,100,112)(H,97,109,113)(H,98,110,114)/t70?,71?,72?,75?,76-,77-,86?,87?/m1/s1. The molecular weight excluding hydrogens is 1560 g/mol. The fourth-order valence-corrected chi connectivity index (χ4v) is 21.9. The van der Waals surface area contributed by atoms with Crippen LogP contribution >= 0.6 is 23.2 Å². The molecule has 28 heteroatoms. The van der Waals surface area contributed by atoms with Gasteiger partial charge in [0.05, 0.1) is 43.4 Å². The summed E-state index contributed by atoms with van der Waals surface area (Å²) in [5.74, 6) is -3.50. The van der Waals surface area contributed by atoms with Gasteiger partial charge in [0, 0.05) is 190 Å². The van der Waals surface area contributed by atoms with Crippen LogP contribution in [0.3, 0.4) is 0 Å². The summed E-state index contributed by atoms with van der Waals surface area (Å²) in [5, 5.41) is 30.9. The minimum atomic E-state index is -1.10. The first kappa shape index (κ1) is 82.8. The highest BCUT2D eigenvalue weighted by Crippen LogP contribution is 2.57. The number of ether oxygens (including phenoxy) is 2. The minimum Gasteiger partial charge on any atom is -0.489 e. The number of imide groups is 4. The largest absolute Gasteiger partial charge is 0.489 e. The number of carbonyl (C=O) groups excluding carboxylic acids is 10. The lowest BCUT2D eigenvalue weighted by molar-refractivity contribution is -0.164. The first-order chi connectivity index (χ1) is 57.2. The van der Waals surface area contributed by atoms with Crippen molar-refractivity contribution in [3.63, 3.8) is 0 Å². The van der Waals surface area contributed by atoms with E-state index >= 15 is 0 Å². The maximum atomic E-state index is 14.3. The van der Waals surface area contributed by atoms with E-state index < -0.39 is 75.6 Å². The Morgan fingerprint density at radius 2 is 0.958 bits per heavy atom. The first-order valence-corrected chi connectivity index (χ1v) is 42.7. The van der Waals surface area contributed by atoms with Gasteiger partial charge >= 0.3 is 0 Å². The molecule has 2 saturated carbocycles. The number of hydrogen-bond donors (Lipinski definition) is 4. The number of nitrogens with zero attached hydrogens (tertiary/aromatic N) is 10. The molecule has 6 atom stereocenters. The average molecular weight is 1670 g/mol. The smallest absolute Gasteiger partial charge is 0.262 e. The Kier molecular flexibility index (Phi) is 22.0. The molecule has 10 amide bonds. The summed E-state index contributed by atoms with van der Waals surface area (Å²) in [6.07, 6.45) is 2.96. The fourth-order valence-electron chi connectivity index (χ4n) is 21.5. The van der Waals surface area contributed by atoms with Crippen LogP contribution in [0, 0.1) is 61.6 Å². The molecule has 4 unspecified atom stereocenters. The van der Waals surface area contributed by atoms with E-state index in [2.05, 4.69) is 125 Å². The van der Waals surface area contributed by atoms with Crippen LogP contribution in [0.25, 0.3) is 0 Å². The normalized spacial score (nSPS) is 25.1. The van der Waals surface area contributed by atoms with Crippen LogP contribution < -0.4 is 50.3 Å². The highest BCUT2D eigenvalue weighted by Gasteiger charge is 2.65. The average Bonchev–Trinajstić information content (AvgIpc) is 0.772. The number of piperazine rings is 2. The molecule has 0 spiro atoms. The SMILES string of the molecule is CC(C)C1[C@@H](NC(=O)c2ccc(N3CCN(C(CCC4(CN5CCN(c6ccc(C(=O)NC7C(C)(C)C(Oc8ccc(C#N)c(Cl)c8)C7(C)C)cc6)CC5)CN(c5ccc6c(c5)C(=O)N(C5CCC(=O)NC5=O)C6=O)C4)C4(C)CCN(c5ccc6c(c5)C(=O)N(C5CCC(=O)NC5=O)C6=O)CC4)CC3)cc2)C(C)(C)[C@@H]1Oc1ccc(C#N)c(Cl)c1. The van der Waals surface area contributed by atoms with Crippen LogP contribution in [0.5, 0.6) is 11.5 Å². The van der Waals surface area contributed by atoms with E-state index in [4.69, 9.17) is 32.7 Å². The Morgan fingerprint density at radius 1 is 0.517 bits per heavy atom. The zero-order valence-corrected chi connectivity index (χ0v) is 70.7. The molecule has 2 aliphatic carbocycles. The van der Waals surface area contributed by atoms with Gasteiger partial charge in [0.25, 0.3) is 35.4 Å². The molecule has 6 saturated heterocycles. The second-order valence-corrected chi connectivity index (χ2v) is 37.8. The fraction of sp³-hybridized carbons (Fsp3) is 0.478. The van der Waals surface area contributed by atoms with E-state index in [0.717, 1.165) is 117 Å². The number of piperidine rings is 3. The van der Waals surface area contributed by atoms with Gasteiger partial charge in [0.15, 0.2) is 0 Å². The Balaban J connectivity index is 0.626. The lowest BCUT2D eigenvalue weighted by atomic mass is 9.49. The third-order valence-electron chi connectivity index (χ3n) is 28.0. The molecule has 120 heavy (non-hydrogen) atoms. The Morgan fingerprint density at radius 3 is 1.43 bits per heavy atom. The summed E-state index contributed by atoms with van der Waals surface area (Å²) in [7, 11) is 0. The Bertz CT molecular complexity index is 5240. The molecule has 0 radical (unpaired) electrons. The van der Waals surface area contributed by atoms with Crippen molar-refractivity contribution in [2.24, 2.45) is 38.9 Å². The summed E-state index contributed by atoms with van der Waals surface area (Å²) in [5.41, 5.74) is 4.55. The van der Waals surface area contributed by atoms with Gasteiger partial charge in [-0.25, -0.2) is 0 Å². The van der Waals surface area contributed by atoms with Gasteiger partial charge in [0.2, 0.25) is 23.6 Å². The first-order valence-electron chi connectivity index (χ1n) is 41.9. The number of rotatable bonds is 22. The van der Waals surface area contributed by atoms with Crippen LogP contribution in [0.15, 0.2) is 121 Å². The van der Waals surface area contributed by atoms with Crippen LogP contribution in [-0.4, -0.2) is 206 Å². The number of carbonyl (C=O) groups is 10. The van der Waals surface area contributed by atoms with E-state index in [9.17, 15) is 58.5 Å². The van der Waals surface area contributed by atoms with Crippen LogP contribution in [0.1, 0.15) is 187 Å². The molecule has 6 aromatic carbocycles. The van der Waals surface area contributed by atoms with E-state index in [-0.39, 0.29) is 113 Å². The summed E-state index contributed by atoms with van der Waals surface area (Å²) >= 11 is 12.8. The molecule has 0 aromatic heterocycles. The zero-order valence-electron chi connectivity index (χ0n) is 69.2. The maximum absolute atomic E-state index is 14.3. The van der Waals surface area contributed by atoms with Gasteiger partial charge < -0.3 is 39.7 Å². The van der Waals surface area contributed by atoms with Gasteiger partial charge in [-0.2, -0.15) is 10.5 Å². The highest BCUT2D eigenvalue weighted by molar-refractivity contribution is 6.32. The van der Waals surface area contributed by atoms with Crippen LogP contribution in [-0.2, 0) is 19.2 Å². The number of benzene rings is 6. The van der Waals surface area contributed by atoms with Crippen molar-refractivity contribution >= 4 is 105 Å². The predicted molar refractivity (Wildman–Crippen MR) is 452 cm³/mol. The van der Waals surface area contributed by atoms with Crippen molar-refractivity contribution in [2.75, 3.05) is 105 Å². The number of amides is 10. The summed E-state index contributed by atoms with van der Waals surface area (Å²) in [4.78, 5) is 152. The predicted octanol–water partition coefficient (Wildman–Crippen LogP) is 10.9. The molecule has 626 valence electrons. The van der Waals surface area contributed by atoms with E-state index in [0.29, 0.717) is 70.0 Å². The van der Waals surface area contributed by atoms with Crippen molar-refractivity contribution in [1.29, 1.82) is 10.5 Å². The molecule has 4 N–H and O–H groups in total. The Labute approximate surface area is 709 Å². The molecule has 10 aliphatic rings.